The second-order valence-electron chi connectivity index (χ2n) is 4.11. The summed E-state index contributed by atoms with van der Waals surface area (Å²) in [5.41, 5.74) is 1.47. The quantitative estimate of drug-likeness (QED) is 0.919. The fourth-order valence-electron chi connectivity index (χ4n) is 1.77. The molecule has 20 heavy (non-hydrogen) atoms. The molecule has 0 atom stereocenters. The second kappa shape index (κ2) is 5.36. The maximum atomic E-state index is 11.1. The Kier molecular flexibility index (Phi) is 3.62. The van der Waals surface area contributed by atoms with Crippen LogP contribution in [0, 0.1) is 25.2 Å². The Morgan fingerprint density at radius 2 is 2.15 bits per heavy atom. The summed E-state index contributed by atoms with van der Waals surface area (Å²) in [4.78, 5) is 19.1. The fourth-order valence-corrected chi connectivity index (χ4v) is 1.77. The minimum atomic E-state index is -1.12. The van der Waals surface area contributed by atoms with E-state index in [-0.39, 0.29) is 22.6 Å². The van der Waals surface area contributed by atoms with Crippen LogP contribution < -0.4 is 4.74 Å². The molecule has 0 aliphatic heterocycles. The summed E-state index contributed by atoms with van der Waals surface area (Å²) in [5, 5.41) is 18.2. The lowest BCUT2D eigenvalue weighted by Gasteiger charge is -2.11. The number of rotatable bonds is 3. The molecule has 0 saturated carbocycles. The Balaban J connectivity index is 2.51. The van der Waals surface area contributed by atoms with Gasteiger partial charge in [0.2, 0.25) is 0 Å². The van der Waals surface area contributed by atoms with Crippen molar-refractivity contribution in [2.75, 3.05) is 0 Å². The smallest absolute Gasteiger partial charge is 0.339 e. The van der Waals surface area contributed by atoms with Crippen molar-refractivity contribution < 1.29 is 14.6 Å². The number of nitrogens with zero attached hydrogens (tertiary/aromatic N) is 3. The van der Waals surface area contributed by atoms with Crippen molar-refractivity contribution in [2.45, 2.75) is 13.8 Å². The highest BCUT2D eigenvalue weighted by Crippen LogP contribution is 2.29. The SMILES string of the molecule is Cc1cc(Oc2cnccc2C(=O)O)c(C#N)c(C)n1. The van der Waals surface area contributed by atoms with E-state index < -0.39 is 5.97 Å². The largest absolute Gasteiger partial charge is 0.478 e. The van der Waals surface area contributed by atoms with E-state index in [1.807, 2.05) is 6.07 Å². The van der Waals surface area contributed by atoms with Gasteiger partial charge in [0.05, 0.1) is 11.9 Å². The first kappa shape index (κ1) is 13.5. The van der Waals surface area contributed by atoms with Gasteiger partial charge in [0.1, 0.15) is 22.9 Å². The molecule has 2 heterocycles. The molecule has 6 heteroatoms. The summed E-state index contributed by atoms with van der Waals surface area (Å²) < 4.78 is 5.55. The van der Waals surface area contributed by atoms with Crippen LogP contribution in [-0.2, 0) is 0 Å². The van der Waals surface area contributed by atoms with Gasteiger partial charge >= 0.3 is 5.97 Å². The Morgan fingerprint density at radius 3 is 2.80 bits per heavy atom. The normalized spacial score (nSPS) is 9.85. The average molecular weight is 269 g/mol. The molecule has 6 nitrogen and oxygen atoms in total. The van der Waals surface area contributed by atoms with E-state index in [1.54, 1.807) is 19.9 Å². The van der Waals surface area contributed by atoms with Gasteiger partial charge in [-0.15, -0.1) is 0 Å². The van der Waals surface area contributed by atoms with Crippen LogP contribution in [0.25, 0.3) is 0 Å². The lowest BCUT2D eigenvalue weighted by molar-refractivity contribution is 0.0694. The molecule has 0 fully saturated rings. The summed E-state index contributed by atoms with van der Waals surface area (Å²) in [6.07, 6.45) is 2.67. The Hall–Kier alpha value is -2.94. The number of hydrogen-bond donors (Lipinski definition) is 1. The zero-order chi connectivity index (χ0) is 14.7. The van der Waals surface area contributed by atoms with Crippen LogP contribution >= 0.6 is 0 Å². The van der Waals surface area contributed by atoms with Gasteiger partial charge in [0, 0.05) is 18.0 Å². The van der Waals surface area contributed by atoms with Crippen molar-refractivity contribution in [3.63, 3.8) is 0 Å². The molecule has 100 valence electrons. The second-order valence-corrected chi connectivity index (χ2v) is 4.11. The molecule has 2 rings (SSSR count). The highest BCUT2D eigenvalue weighted by atomic mass is 16.5. The van der Waals surface area contributed by atoms with Crippen LogP contribution in [0.1, 0.15) is 27.3 Å². The van der Waals surface area contributed by atoms with E-state index in [9.17, 15) is 4.79 Å². The van der Waals surface area contributed by atoms with Crippen molar-refractivity contribution in [1.29, 1.82) is 5.26 Å². The van der Waals surface area contributed by atoms with Gasteiger partial charge in [-0.1, -0.05) is 0 Å². The van der Waals surface area contributed by atoms with Crippen molar-refractivity contribution in [1.82, 2.24) is 9.97 Å². The minimum Gasteiger partial charge on any atom is -0.478 e. The number of aryl methyl sites for hydroxylation is 2. The molecule has 0 aromatic carbocycles. The number of hydrogen-bond acceptors (Lipinski definition) is 5. The minimum absolute atomic E-state index is 0.0176. The molecule has 0 aliphatic carbocycles. The first-order valence-corrected chi connectivity index (χ1v) is 5.76. The number of nitriles is 1. The van der Waals surface area contributed by atoms with Gasteiger partial charge in [-0.3, -0.25) is 9.97 Å². The van der Waals surface area contributed by atoms with Gasteiger partial charge in [-0.2, -0.15) is 5.26 Å². The van der Waals surface area contributed by atoms with Crippen molar-refractivity contribution in [3.8, 4) is 17.6 Å². The molecule has 0 unspecified atom stereocenters. The van der Waals surface area contributed by atoms with E-state index in [1.165, 1.54) is 18.5 Å². The summed E-state index contributed by atoms with van der Waals surface area (Å²) in [6.45, 7) is 3.46. The number of carbonyl (C=O) groups is 1. The summed E-state index contributed by atoms with van der Waals surface area (Å²) in [5.74, 6) is -0.766. The van der Waals surface area contributed by atoms with Gasteiger partial charge in [0.15, 0.2) is 5.75 Å². The monoisotopic (exact) mass is 269 g/mol. The van der Waals surface area contributed by atoms with Crippen LogP contribution in [-0.4, -0.2) is 21.0 Å². The number of aromatic nitrogens is 2. The first-order chi connectivity index (χ1) is 9.52. The van der Waals surface area contributed by atoms with Crippen LogP contribution in [0.4, 0.5) is 0 Å². The predicted octanol–water partition coefficient (Wildman–Crippen LogP) is 2.46. The van der Waals surface area contributed by atoms with Gasteiger partial charge in [-0.05, 0) is 19.9 Å². The molecule has 2 aromatic heterocycles. The lowest BCUT2D eigenvalue weighted by Crippen LogP contribution is -2.02. The van der Waals surface area contributed by atoms with Crippen LogP contribution in [0.5, 0.6) is 11.5 Å². The maximum Gasteiger partial charge on any atom is 0.339 e. The van der Waals surface area contributed by atoms with Gasteiger partial charge < -0.3 is 9.84 Å². The fraction of sp³-hybridized carbons (Fsp3) is 0.143. The zero-order valence-corrected chi connectivity index (χ0v) is 10.9. The third-order valence-corrected chi connectivity index (χ3v) is 2.64. The predicted molar refractivity (Wildman–Crippen MR) is 69.7 cm³/mol. The first-order valence-electron chi connectivity index (χ1n) is 5.76. The molecule has 0 bridgehead atoms. The number of carboxylic acid groups (broad SMARTS) is 1. The topological polar surface area (TPSA) is 96.1 Å². The van der Waals surface area contributed by atoms with E-state index in [0.717, 1.165) is 0 Å². The molecule has 1 N–H and O–H groups in total. The Morgan fingerprint density at radius 1 is 1.40 bits per heavy atom. The molecule has 0 saturated heterocycles. The summed E-state index contributed by atoms with van der Waals surface area (Å²) in [6, 6.07) is 4.93. The molecular formula is C14H11N3O3. The maximum absolute atomic E-state index is 11.1. The number of pyridine rings is 2. The standard InChI is InChI=1S/C14H11N3O3/c1-8-5-12(11(6-15)9(2)17-8)20-13-7-16-4-3-10(13)14(18)19/h3-5,7H,1-2H3,(H,18,19). The third-order valence-electron chi connectivity index (χ3n) is 2.64. The number of carboxylic acids is 1. The lowest BCUT2D eigenvalue weighted by atomic mass is 10.2. The molecule has 2 aromatic rings. The summed E-state index contributed by atoms with van der Waals surface area (Å²) >= 11 is 0. The van der Waals surface area contributed by atoms with E-state index in [0.29, 0.717) is 11.4 Å². The van der Waals surface area contributed by atoms with Crippen LogP contribution in [0.15, 0.2) is 24.5 Å². The van der Waals surface area contributed by atoms with Crippen LogP contribution in [0.3, 0.4) is 0 Å². The van der Waals surface area contributed by atoms with Gasteiger partial charge in [0.25, 0.3) is 0 Å². The highest BCUT2D eigenvalue weighted by Gasteiger charge is 2.15. The molecular weight excluding hydrogens is 258 g/mol. The van der Waals surface area contributed by atoms with Crippen LogP contribution in [0.2, 0.25) is 0 Å². The van der Waals surface area contributed by atoms with E-state index in [2.05, 4.69) is 9.97 Å². The van der Waals surface area contributed by atoms with Crippen molar-refractivity contribution in [2.24, 2.45) is 0 Å². The summed E-state index contributed by atoms with van der Waals surface area (Å²) in [7, 11) is 0. The van der Waals surface area contributed by atoms with Crippen molar-refractivity contribution in [3.05, 3.63) is 47.0 Å². The highest BCUT2D eigenvalue weighted by molar-refractivity contribution is 5.90. The van der Waals surface area contributed by atoms with E-state index in [4.69, 9.17) is 15.1 Å². The Labute approximate surface area is 115 Å². The zero-order valence-electron chi connectivity index (χ0n) is 10.9. The number of aromatic carboxylic acids is 1. The Bertz CT molecular complexity index is 720. The molecule has 0 amide bonds. The molecule has 0 aliphatic rings. The van der Waals surface area contributed by atoms with Gasteiger partial charge in [-0.25, -0.2) is 4.79 Å². The number of ether oxygens (including phenoxy) is 1. The van der Waals surface area contributed by atoms with E-state index >= 15 is 0 Å². The molecule has 0 spiro atoms. The van der Waals surface area contributed by atoms with Crippen molar-refractivity contribution >= 4 is 5.97 Å². The molecule has 0 radical (unpaired) electrons. The average Bonchev–Trinajstić information content (AvgIpc) is 2.38. The third kappa shape index (κ3) is 2.57.